The Morgan fingerprint density at radius 3 is 2.50 bits per heavy atom. The zero-order valence-corrected chi connectivity index (χ0v) is 12.6. The summed E-state index contributed by atoms with van der Waals surface area (Å²) in [6, 6.07) is 6.45. The fraction of sp³-hybridized carbons (Fsp3) is 0.600. The number of thioether (sulfide) groups is 1. The van der Waals surface area contributed by atoms with Crippen LogP contribution in [-0.4, -0.2) is 23.0 Å². The Balaban J connectivity index is 2.76. The molecule has 0 aromatic heterocycles. The first-order valence-electron chi connectivity index (χ1n) is 6.54. The smallest absolute Gasteiger partial charge is 0.0568 e. The molecular weight excluding hydrogens is 242 g/mol. The minimum atomic E-state index is 0.0416. The molecule has 0 amide bonds. The predicted octanol–water partition coefficient (Wildman–Crippen LogP) is 3.13. The highest BCUT2D eigenvalue weighted by Gasteiger charge is 2.20. The van der Waals surface area contributed by atoms with Gasteiger partial charge in [0.25, 0.3) is 0 Å². The maximum atomic E-state index is 9.53. The van der Waals surface area contributed by atoms with Crippen molar-refractivity contribution in [3.05, 3.63) is 29.3 Å². The van der Waals surface area contributed by atoms with Crippen molar-refractivity contribution in [3.63, 3.8) is 0 Å². The minimum Gasteiger partial charge on any atom is -0.395 e. The first kappa shape index (κ1) is 15.5. The number of rotatable bonds is 6. The van der Waals surface area contributed by atoms with Crippen molar-refractivity contribution in [1.82, 2.24) is 0 Å². The van der Waals surface area contributed by atoms with Crippen LogP contribution >= 0.6 is 11.8 Å². The van der Waals surface area contributed by atoms with Gasteiger partial charge < -0.3 is 10.8 Å². The van der Waals surface area contributed by atoms with Gasteiger partial charge in [0, 0.05) is 16.2 Å². The van der Waals surface area contributed by atoms with E-state index in [1.807, 2.05) is 0 Å². The van der Waals surface area contributed by atoms with E-state index in [1.54, 1.807) is 11.8 Å². The van der Waals surface area contributed by atoms with E-state index < -0.39 is 0 Å². The molecule has 3 heteroatoms. The molecular formula is C15H25NOS. The van der Waals surface area contributed by atoms with Crippen molar-refractivity contribution < 1.29 is 5.11 Å². The third-order valence-electron chi connectivity index (χ3n) is 3.02. The molecule has 2 nitrogen and oxygen atoms in total. The third-order valence-corrected chi connectivity index (χ3v) is 4.52. The molecule has 1 rings (SSSR count). The number of aliphatic hydroxyl groups excluding tert-OH is 1. The van der Waals surface area contributed by atoms with Crippen LogP contribution in [0.25, 0.3) is 0 Å². The summed E-state index contributed by atoms with van der Waals surface area (Å²) < 4.78 is 0. The standard InChI is InChI=1S/C15H25NOS/c1-10(2)7-13(16)15(9-17)18-14-8-11(3)5-6-12(14)4/h5-6,8,10,13,15,17H,7,9,16H2,1-4H3. The highest BCUT2D eigenvalue weighted by molar-refractivity contribution is 8.00. The van der Waals surface area contributed by atoms with Crippen LogP contribution in [0.5, 0.6) is 0 Å². The summed E-state index contributed by atoms with van der Waals surface area (Å²) in [6.07, 6.45) is 0.948. The molecule has 0 radical (unpaired) electrons. The molecule has 1 aromatic rings. The highest BCUT2D eigenvalue weighted by Crippen LogP contribution is 2.30. The second-order valence-corrected chi connectivity index (χ2v) is 6.68. The van der Waals surface area contributed by atoms with E-state index in [2.05, 4.69) is 45.9 Å². The summed E-state index contributed by atoms with van der Waals surface area (Å²) in [6.45, 7) is 8.65. The van der Waals surface area contributed by atoms with Gasteiger partial charge in [-0.2, -0.15) is 0 Å². The van der Waals surface area contributed by atoms with Crippen molar-refractivity contribution in [2.45, 2.75) is 50.3 Å². The third kappa shape index (κ3) is 4.63. The minimum absolute atomic E-state index is 0.0416. The van der Waals surface area contributed by atoms with Crippen molar-refractivity contribution in [3.8, 4) is 0 Å². The summed E-state index contributed by atoms with van der Waals surface area (Å²) in [4.78, 5) is 1.23. The van der Waals surface area contributed by atoms with E-state index in [4.69, 9.17) is 5.73 Å². The van der Waals surface area contributed by atoms with Crippen LogP contribution in [-0.2, 0) is 0 Å². The van der Waals surface area contributed by atoms with Crippen molar-refractivity contribution in [2.75, 3.05) is 6.61 Å². The number of hydrogen-bond donors (Lipinski definition) is 2. The second-order valence-electron chi connectivity index (χ2n) is 5.40. The quantitative estimate of drug-likeness (QED) is 0.778. The van der Waals surface area contributed by atoms with Gasteiger partial charge in [0.05, 0.1) is 6.61 Å². The monoisotopic (exact) mass is 267 g/mol. The van der Waals surface area contributed by atoms with Gasteiger partial charge in [0.2, 0.25) is 0 Å². The number of benzene rings is 1. The van der Waals surface area contributed by atoms with Crippen LogP contribution in [0.2, 0.25) is 0 Å². The van der Waals surface area contributed by atoms with E-state index in [1.165, 1.54) is 16.0 Å². The molecule has 0 heterocycles. The second kappa shape index (κ2) is 7.17. The molecule has 102 valence electrons. The molecule has 3 N–H and O–H groups in total. The predicted molar refractivity (Wildman–Crippen MR) is 80.1 cm³/mol. The number of hydrogen-bond acceptors (Lipinski definition) is 3. The molecule has 0 fully saturated rings. The SMILES string of the molecule is Cc1ccc(C)c(SC(CO)C(N)CC(C)C)c1. The molecule has 0 saturated carbocycles. The average Bonchev–Trinajstić information content (AvgIpc) is 2.29. The van der Waals surface area contributed by atoms with Crippen LogP contribution < -0.4 is 5.73 Å². The topological polar surface area (TPSA) is 46.2 Å². The molecule has 18 heavy (non-hydrogen) atoms. The summed E-state index contributed by atoms with van der Waals surface area (Å²) >= 11 is 1.70. The Kier molecular flexibility index (Phi) is 6.19. The lowest BCUT2D eigenvalue weighted by molar-refractivity contribution is 0.275. The fourth-order valence-electron chi connectivity index (χ4n) is 1.95. The summed E-state index contributed by atoms with van der Waals surface area (Å²) in [5.74, 6) is 0.563. The highest BCUT2D eigenvalue weighted by atomic mass is 32.2. The first-order valence-corrected chi connectivity index (χ1v) is 7.42. The van der Waals surface area contributed by atoms with Crippen molar-refractivity contribution in [2.24, 2.45) is 11.7 Å². The van der Waals surface area contributed by atoms with Crippen LogP contribution in [0.3, 0.4) is 0 Å². The first-order chi connectivity index (χ1) is 8.43. The fourth-order valence-corrected chi connectivity index (χ4v) is 3.15. The normalized spacial score (nSPS) is 14.8. The molecule has 1 aromatic carbocycles. The van der Waals surface area contributed by atoms with Crippen LogP contribution in [0.15, 0.2) is 23.1 Å². The number of aliphatic hydroxyl groups is 1. The van der Waals surface area contributed by atoms with Gasteiger partial charge in [-0.1, -0.05) is 31.5 Å². The summed E-state index contributed by atoms with van der Waals surface area (Å²) in [7, 11) is 0. The molecule has 0 aliphatic carbocycles. The lowest BCUT2D eigenvalue weighted by Gasteiger charge is -2.23. The van der Waals surface area contributed by atoms with Gasteiger partial charge >= 0.3 is 0 Å². The lowest BCUT2D eigenvalue weighted by Crippen LogP contribution is -2.36. The maximum Gasteiger partial charge on any atom is 0.0568 e. The zero-order chi connectivity index (χ0) is 13.7. The van der Waals surface area contributed by atoms with Gasteiger partial charge in [0.1, 0.15) is 0 Å². The Morgan fingerprint density at radius 1 is 1.28 bits per heavy atom. The Bertz CT molecular complexity index is 379. The molecule has 0 aliphatic heterocycles. The molecule has 0 aliphatic rings. The number of aryl methyl sites for hydroxylation is 2. The van der Waals surface area contributed by atoms with E-state index in [9.17, 15) is 5.11 Å². The van der Waals surface area contributed by atoms with Gasteiger partial charge in [0.15, 0.2) is 0 Å². The maximum absolute atomic E-state index is 9.53. The van der Waals surface area contributed by atoms with E-state index in [-0.39, 0.29) is 17.9 Å². The number of nitrogens with two attached hydrogens (primary N) is 1. The molecule has 0 spiro atoms. The Hall–Kier alpha value is -0.510. The average molecular weight is 267 g/mol. The molecule has 2 atom stereocenters. The lowest BCUT2D eigenvalue weighted by atomic mass is 10.0. The zero-order valence-electron chi connectivity index (χ0n) is 11.8. The molecule has 0 bridgehead atoms. The van der Waals surface area contributed by atoms with E-state index >= 15 is 0 Å². The van der Waals surface area contributed by atoms with E-state index in [0.29, 0.717) is 5.92 Å². The van der Waals surface area contributed by atoms with Crippen LogP contribution in [0.1, 0.15) is 31.4 Å². The van der Waals surface area contributed by atoms with Gasteiger partial charge in [-0.25, -0.2) is 0 Å². The Morgan fingerprint density at radius 2 is 1.94 bits per heavy atom. The van der Waals surface area contributed by atoms with Gasteiger partial charge in [-0.05, 0) is 37.8 Å². The van der Waals surface area contributed by atoms with E-state index in [0.717, 1.165) is 6.42 Å². The Labute approximate surface area is 115 Å². The van der Waals surface area contributed by atoms with Crippen LogP contribution in [0, 0.1) is 19.8 Å². The van der Waals surface area contributed by atoms with Crippen molar-refractivity contribution >= 4 is 11.8 Å². The van der Waals surface area contributed by atoms with Gasteiger partial charge in [-0.15, -0.1) is 11.8 Å². The summed E-state index contributed by atoms with van der Waals surface area (Å²) in [5.41, 5.74) is 8.68. The largest absolute Gasteiger partial charge is 0.395 e. The molecule has 0 saturated heterocycles. The van der Waals surface area contributed by atoms with Crippen LogP contribution in [0.4, 0.5) is 0 Å². The van der Waals surface area contributed by atoms with Gasteiger partial charge in [-0.3, -0.25) is 0 Å². The molecule has 2 unspecified atom stereocenters. The summed E-state index contributed by atoms with van der Waals surface area (Å²) in [5, 5.41) is 9.61. The van der Waals surface area contributed by atoms with Crippen molar-refractivity contribution in [1.29, 1.82) is 0 Å².